The van der Waals surface area contributed by atoms with Crippen LogP contribution in [0.2, 0.25) is 0 Å². The molecule has 1 aliphatic heterocycles. The van der Waals surface area contributed by atoms with Crippen LogP contribution in [0.1, 0.15) is 39.0 Å². The van der Waals surface area contributed by atoms with E-state index >= 15 is 0 Å². The molecule has 0 radical (unpaired) electrons. The Morgan fingerprint density at radius 2 is 1.77 bits per heavy atom. The lowest BCUT2D eigenvalue weighted by molar-refractivity contribution is -0.0590. The first kappa shape index (κ1) is 17.0. The highest BCUT2D eigenvalue weighted by molar-refractivity contribution is 5.93. The number of phenols is 1. The fourth-order valence-electron chi connectivity index (χ4n) is 3.94. The maximum atomic E-state index is 14.0. The highest BCUT2D eigenvalue weighted by Gasteiger charge is 2.43. The Hall–Kier alpha value is -2.40. The monoisotopic (exact) mass is 357 g/mol. The van der Waals surface area contributed by atoms with Crippen molar-refractivity contribution in [2.45, 2.75) is 38.7 Å². The molecule has 3 nitrogen and oxygen atoms in total. The molecule has 1 aliphatic rings. The summed E-state index contributed by atoms with van der Waals surface area (Å²) < 4.78 is 35.5. The lowest BCUT2D eigenvalue weighted by Gasteiger charge is -2.41. The predicted octanol–water partition coefficient (Wildman–Crippen LogP) is 5.16. The summed E-state index contributed by atoms with van der Waals surface area (Å²) in [5.74, 6) is -1.64. The minimum absolute atomic E-state index is 0.148. The highest BCUT2D eigenvalue weighted by atomic mass is 19.2. The van der Waals surface area contributed by atoms with Crippen LogP contribution in [-0.2, 0) is 15.8 Å². The maximum absolute atomic E-state index is 14.0. The summed E-state index contributed by atoms with van der Waals surface area (Å²) in [6.07, 6.45) is 0. The second kappa shape index (κ2) is 5.30. The van der Waals surface area contributed by atoms with E-state index in [1.807, 2.05) is 38.3 Å². The molecule has 1 N–H and O–H groups in total. The summed E-state index contributed by atoms with van der Waals surface area (Å²) in [6.45, 7) is 8.50. The fraction of sp³-hybridized carbons (Fsp3) is 0.333. The lowest BCUT2D eigenvalue weighted by Crippen LogP contribution is -2.40. The van der Waals surface area contributed by atoms with Gasteiger partial charge < -0.3 is 14.4 Å². The molecule has 0 atom stereocenters. The Labute approximate surface area is 150 Å². The van der Waals surface area contributed by atoms with Crippen molar-refractivity contribution in [1.82, 2.24) is 4.57 Å². The number of hydrogen-bond donors (Lipinski definition) is 1. The van der Waals surface area contributed by atoms with E-state index in [0.29, 0.717) is 17.7 Å². The molecular weight excluding hydrogens is 336 g/mol. The van der Waals surface area contributed by atoms with E-state index in [1.165, 1.54) is 6.07 Å². The third-order valence-electron chi connectivity index (χ3n) is 5.17. The molecule has 3 aromatic rings. The SMILES string of the molecule is CC1(C)COC(C)(C)c2c1n(-c1ccc(F)c(F)c1)c1cccc(O)c21. The summed E-state index contributed by atoms with van der Waals surface area (Å²) in [5, 5.41) is 11.3. The van der Waals surface area contributed by atoms with Gasteiger partial charge in [0.2, 0.25) is 0 Å². The van der Waals surface area contributed by atoms with Crippen LogP contribution >= 0.6 is 0 Å². The molecule has 0 bridgehead atoms. The molecular formula is C21H21F2NO2. The molecule has 0 saturated carbocycles. The Morgan fingerprint density at radius 3 is 2.46 bits per heavy atom. The first-order chi connectivity index (χ1) is 12.1. The van der Waals surface area contributed by atoms with Crippen molar-refractivity contribution in [3.05, 3.63) is 59.3 Å². The zero-order valence-corrected chi connectivity index (χ0v) is 15.2. The van der Waals surface area contributed by atoms with Crippen LogP contribution in [0.3, 0.4) is 0 Å². The summed E-state index contributed by atoms with van der Waals surface area (Å²) in [7, 11) is 0. The number of ether oxygens (including phenoxy) is 1. The van der Waals surface area contributed by atoms with Crippen LogP contribution in [0.5, 0.6) is 5.75 Å². The highest BCUT2D eigenvalue weighted by Crippen LogP contribution is 2.49. The minimum Gasteiger partial charge on any atom is -0.507 e. The van der Waals surface area contributed by atoms with Crippen LogP contribution in [0.15, 0.2) is 36.4 Å². The molecule has 26 heavy (non-hydrogen) atoms. The van der Waals surface area contributed by atoms with Gasteiger partial charge in [-0.2, -0.15) is 0 Å². The fourth-order valence-corrected chi connectivity index (χ4v) is 3.94. The van der Waals surface area contributed by atoms with Gasteiger partial charge in [-0.1, -0.05) is 19.9 Å². The Balaban J connectivity index is 2.21. The Morgan fingerprint density at radius 1 is 1.04 bits per heavy atom. The van der Waals surface area contributed by atoms with Gasteiger partial charge in [0.15, 0.2) is 11.6 Å². The second-order valence-electron chi connectivity index (χ2n) is 8.01. The molecule has 0 unspecified atom stereocenters. The third kappa shape index (κ3) is 2.27. The topological polar surface area (TPSA) is 34.4 Å². The molecule has 136 valence electrons. The van der Waals surface area contributed by atoms with Gasteiger partial charge in [0.05, 0.1) is 17.7 Å². The number of phenolic OH excluding ortho intramolecular Hbond substituents is 1. The molecule has 0 spiro atoms. The molecule has 2 aromatic carbocycles. The van der Waals surface area contributed by atoms with Gasteiger partial charge in [0.25, 0.3) is 0 Å². The number of aromatic nitrogens is 1. The lowest BCUT2D eigenvalue weighted by atomic mass is 9.79. The van der Waals surface area contributed by atoms with E-state index in [-0.39, 0.29) is 11.2 Å². The predicted molar refractivity (Wildman–Crippen MR) is 96.9 cm³/mol. The summed E-state index contributed by atoms with van der Waals surface area (Å²) >= 11 is 0. The van der Waals surface area contributed by atoms with Crippen molar-refractivity contribution in [3.8, 4) is 11.4 Å². The van der Waals surface area contributed by atoms with Crippen molar-refractivity contribution in [3.63, 3.8) is 0 Å². The molecule has 5 heteroatoms. The van der Waals surface area contributed by atoms with E-state index in [4.69, 9.17) is 4.74 Å². The average Bonchev–Trinajstić information content (AvgIpc) is 2.94. The van der Waals surface area contributed by atoms with Crippen LogP contribution in [-0.4, -0.2) is 16.3 Å². The van der Waals surface area contributed by atoms with Gasteiger partial charge in [0, 0.05) is 33.8 Å². The first-order valence-electron chi connectivity index (χ1n) is 8.60. The molecule has 0 fully saturated rings. The van der Waals surface area contributed by atoms with Crippen LogP contribution < -0.4 is 0 Å². The summed E-state index contributed by atoms with van der Waals surface area (Å²) in [4.78, 5) is 0. The number of nitrogens with zero attached hydrogens (tertiary/aromatic N) is 1. The summed E-state index contributed by atoms with van der Waals surface area (Å²) in [5.41, 5.74) is 2.09. The van der Waals surface area contributed by atoms with Crippen molar-refractivity contribution in [2.24, 2.45) is 0 Å². The first-order valence-corrected chi connectivity index (χ1v) is 8.60. The molecule has 1 aromatic heterocycles. The van der Waals surface area contributed by atoms with Crippen molar-refractivity contribution in [1.29, 1.82) is 0 Å². The number of halogens is 2. The largest absolute Gasteiger partial charge is 0.507 e. The van der Waals surface area contributed by atoms with Crippen LogP contribution in [0.4, 0.5) is 8.78 Å². The number of hydrogen-bond acceptors (Lipinski definition) is 2. The van der Waals surface area contributed by atoms with Gasteiger partial charge in [-0.3, -0.25) is 0 Å². The zero-order valence-electron chi connectivity index (χ0n) is 15.2. The standard InChI is InChI=1S/C21H21F2NO2/c1-20(2)11-26-21(3,4)18-17-15(6-5-7-16(17)25)24(19(18)20)12-8-9-13(22)14(23)10-12/h5-10,25H,11H2,1-4H3. The van der Waals surface area contributed by atoms with Gasteiger partial charge >= 0.3 is 0 Å². The number of benzene rings is 2. The van der Waals surface area contributed by atoms with Gasteiger partial charge in [0.1, 0.15) is 5.75 Å². The van der Waals surface area contributed by atoms with Crippen molar-refractivity contribution < 1.29 is 18.6 Å². The van der Waals surface area contributed by atoms with E-state index in [2.05, 4.69) is 0 Å². The second-order valence-corrected chi connectivity index (χ2v) is 8.01. The number of aromatic hydroxyl groups is 1. The van der Waals surface area contributed by atoms with Gasteiger partial charge in [-0.25, -0.2) is 8.78 Å². The Kier molecular flexibility index (Phi) is 3.47. The van der Waals surface area contributed by atoms with Gasteiger partial charge in [-0.05, 0) is 38.1 Å². The third-order valence-corrected chi connectivity index (χ3v) is 5.17. The maximum Gasteiger partial charge on any atom is 0.160 e. The number of rotatable bonds is 1. The Bertz CT molecular complexity index is 1030. The van der Waals surface area contributed by atoms with Crippen LogP contribution in [0, 0.1) is 11.6 Å². The van der Waals surface area contributed by atoms with E-state index in [9.17, 15) is 13.9 Å². The van der Waals surface area contributed by atoms with Gasteiger partial charge in [-0.15, -0.1) is 0 Å². The minimum atomic E-state index is -0.901. The molecule has 0 aliphatic carbocycles. The van der Waals surface area contributed by atoms with Crippen LogP contribution in [0.25, 0.3) is 16.6 Å². The quantitative estimate of drug-likeness (QED) is 0.653. The molecule has 4 rings (SSSR count). The van der Waals surface area contributed by atoms with Crippen molar-refractivity contribution >= 4 is 10.9 Å². The molecule has 0 amide bonds. The summed E-state index contributed by atoms with van der Waals surface area (Å²) in [6, 6.07) is 9.14. The number of fused-ring (bicyclic) bond motifs is 3. The smallest absolute Gasteiger partial charge is 0.160 e. The normalized spacial score (nSPS) is 18.1. The molecule has 2 heterocycles. The van der Waals surface area contributed by atoms with Crippen molar-refractivity contribution in [2.75, 3.05) is 6.61 Å². The molecule has 0 saturated heterocycles. The van der Waals surface area contributed by atoms with E-state index in [0.717, 1.165) is 22.8 Å². The zero-order chi connectivity index (χ0) is 18.9. The average molecular weight is 357 g/mol. The van der Waals surface area contributed by atoms with E-state index < -0.39 is 17.2 Å². The van der Waals surface area contributed by atoms with E-state index in [1.54, 1.807) is 18.2 Å².